The SMILES string of the molecule is CC1=C(CC[C@@H](C)CO[C@@H]2O[C@H](CO)[C@@H](O)[C@H](O)[C@H]2O)O[C@H]2C[C@H]3[C@@H]4CC(=O)[C@H]5C[C@@H](O[C@@H]6O[C@H](CO[C@@H]7OC[C@H](O)[C@H](O)[C@H]7O)[C@@H](O[C@@H]7OC[C@@H](O)[C@H](O)[C@H]7O)[C@H](O)[C@H]6O)CC[C@]5(C)[C@H]4CC[C@]3(C)[C@@H]12. The minimum atomic E-state index is -1.74. The van der Waals surface area contributed by atoms with Gasteiger partial charge in [-0.2, -0.15) is 0 Å². The molecule has 22 heteroatoms. The summed E-state index contributed by atoms with van der Waals surface area (Å²) in [6, 6.07) is 0. The van der Waals surface area contributed by atoms with Gasteiger partial charge in [0.05, 0.1) is 44.9 Å². The Morgan fingerprint density at radius 1 is 0.676 bits per heavy atom. The number of carbonyl (C=O) groups is 1. The molecule has 0 aromatic rings. The van der Waals surface area contributed by atoms with Crippen molar-refractivity contribution in [3.05, 3.63) is 11.3 Å². The summed E-state index contributed by atoms with van der Waals surface area (Å²) >= 11 is 0. The summed E-state index contributed by atoms with van der Waals surface area (Å²) in [5, 5.41) is 125. The molecule has 22 nitrogen and oxygen atoms in total. The smallest absolute Gasteiger partial charge is 0.186 e. The first-order chi connectivity index (χ1) is 33.7. The van der Waals surface area contributed by atoms with Crippen LogP contribution in [0.2, 0.25) is 0 Å². The van der Waals surface area contributed by atoms with Crippen LogP contribution in [0.3, 0.4) is 0 Å². The lowest BCUT2D eigenvalue weighted by molar-refractivity contribution is -0.361. The van der Waals surface area contributed by atoms with Crippen LogP contribution in [0.1, 0.15) is 85.5 Å². The van der Waals surface area contributed by atoms with Crippen LogP contribution in [0, 0.1) is 46.3 Å². The zero-order valence-electron chi connectivity index (χ0n) is 40.9. The molecule has 5 aliphatic heterocycles. The molecular formula is C49H78O22. The summed E-state index contributed by atoms with van der Waals surface area (Å²) in [7, 11) is 0. The van der Waals surface area contributed by atoms with Gasteiger partial charge < -0.3 is 104 Å². The molecule has 28 atom stereocenters. The first-order valence-corrected chi connectivity index (χ1v) is 25.7. The van der Waals surface area contributed by atoms with Gasteiger partial charge in [-0.25, -0.2) is 0 Å². The topological polar surface area (TPSA) is 343 Å². The average molecular weight is 1020 g/mol. The molecule has 0 amide bonds. The van der Waals surface area contributed by atoms with Gasteiger partial charge in [0.1, 0.15) is 97.3 Å². The Hall–Kier alpha value is -1.59. The van der Waals surface area contributed by atoms with Crippen LogP contribution in [-0.2, 0) is 47.4 Å². The number of fused-ring (bicyclic) bond motifs is 7. The first kappa shape index (κ1) is 54.2. The molecule has 9 aliphatic rings. The molecule has 4 saturated carbocycles. The van der Waals surface area contributed by atoms with Crippen molar-refractivity contribution in [3.63, 3.8) is 0 Å². The minimum Gasteiger partial charge on any atom is -0.494 e. The van der Waals surface area contributed by atoms with Crippen LogP contribution in [0.15, 0.2) is 11.3 Å². The van der Waals surface area contributed by atoms with Gasteiger partial charge in [-0.15, -0.1) is 0 Å². The largest absolute Gasteiger partial charge is 0.494 e. The molecule has 0 bridgehead atoms. The molecule has 4 aliphatic carbocycles. The normalized spacial score (nSPS) is 52.6. The average Bonchev–Trinajstić information content (AvgIpc) is 3.83. The fourth-order valence-corrected chi connectivity index (χ4v) is 14.3. The molecule has 5 heterocycles. The molecule has 71 heavy (non-hydrogen) atoms. The van der Waals surface area contributed by atoms with Crippen LogP contribution in [-0.4, -0.2) is 223 Å². The van der Waals surface area contributed by atoms with Gasteiger partial charge in [0.25, 0.3) is 0 Å². The maximum Gasteiger partial charge on any atom is 0.186 e. The lowest BCUT2D eigenvalue weighted by Crippen LogP contribution is -2.64. The van der Waals surface area contributed by atoms with Crippen LogP contribution in [0.4, 0.5) is 0 Å². The van der Waals surface area contributed by atoms with E-state index < -0.39 is 137 Å². The second kappa shape index (κ2) is 21.4. The Kier molecular flexibility index (Phi) is 16.4. The zero-order chi connectivity index (χ0) is 51.0. The number of rotatable bonds is 14. The van der Waals surface area contributed by atoms with Crippen molar-refractivity contribution in [2.45, 2.75) is 208 Å². The Labute approximate surface area is 412 Å². The second-order valence-corrected chi connectivity index (χ2v) is 22.8. The van der Waals surface area contributed by atoms with E-state index in [4.69, 9.17) is 42.6 Å². The highest BCUT2D eigenvalue weighted by atomic mass is 16.8. The standard InChI is InChI=1S/C49H78O22/c1-19(15-63-45-41(61)37(57)36(56)31(14-50)69-45)5-6-29-20(2)33-30(68-29)13-24-22-12-26(51)25-11-21(7-9-48(25,3)23(22)8-10-49(24,33)4)67-47-42(62)38(58)43(71-46-40(60)35(55)28(53)17-65-46)32(70-47)18-66-44-39(59)34(54)27(52)16-64-44/h19,21-25,27-28,30-47,50,52-62H,5-18H2,1-4H3/t19-,21+,22-,23+,24+,25-,27+,28-,30+,31-,32-,33+,34+,35+,36-,37+,38-,39-,40-,41-,42-,43-,44+,45-,46+,47-,48-,49+/m1/s1. The highest BCUT2D eigenvalue weighted by Gasteiger charge is 2.66. The molecule has 9 rings (SSSR count). The lowest BCUT2D eigenvalue weighted by atomic mass is 9.44. The van der Waals surface area contributed by atoms with Crippen molar-refractivity contribution >= 4 is 5.78 Å². The summed E-state index contributed by atoms with van der Waals surface area (Å²) in [4.78, 5) is 14.5. The van der Waals surface area contributed by atoms with E-state index in [0.29, 0.717) is 38.0 Å². The number of carbonyl (C=O) groups excluding carboxylic acids is 1. The number of ether oxygens (including phenoxy) is 9. The van der Waals surface area contributed by atoms with E-state index in [9.17, 15) is 66.1 Å². The molecular weight excluding hydrogens is 941 g/mol. The molecule has 0 radical (unpaired) electrons. The lowest BCUT2D eigenvalue weighted by Gasteiger charge is -2.60. The van der Waals surface area contributed by atoms with Crippen molar-refractivity contribution in [3.8, 4) is 0 Å². The number of ketones is 1. The molecule has 0 aromatic heterocycles. The molecule has 0 unspecified atom stereocenters. The van der Waals surface area contributed by atoms with E-state index in [1.54, 1.807) is 0 Å². The van der Waals surface area contributed by atoms with Crippen molar-refractivity contribution in [1.29, 1.82) is 0 Å². The predicted octanol–water partition coefficient (Wildman–Crippen LogP) is -2.55. The maximum atomic E-state index is 14.5. The zero-order valence-corrected chi connectivity index (χ0v) is 40.9. The van der Waals surface area contributed by atoms with Gasteiger partial charge >= 0.3 is 0 Å². The Morgan fingerprint density at radius 3 is 2.01 bits per heavy atom. The summed E-state index contributed by atoms with van der Waals surface area (Å²) in [5.74, 6) is 1.89. The van der Waals surface area contributed by atoms with Gasteiger partial charge in [-0.05, 0) is 91.9 Å². The van der Waals surface area contributed by atoms with E-state index >= 15 is 0 Å². The van der Waals surface area contributed by atoms with Crippen molar-refractivity contribution in [2.75, 3.05) is 33.0 Å². The Balaban J connectivity index is 0.816. The Morgan fingerprint density at radius 2 is 1.31 bits per heavy atom. The van der Waals surface area contributed by atoms with Crippen molar-refractivity contribution in [1.82, 2.24) is 0 Å². The van der Waals surface area contributed by atoms with E-state index in [0.717, 1.165) is 31.4 Å². The number of allylic oxidation sites excluding steroid dienone is 1. The third-order valence-corrected chi connectivity index (χ3v) is 18.5. The van der Waals surface area contributed by atoms with Crippen LogP contribution in [0.5, 0.6) is 0 Å². The fraction of sp³-hybridized carbons (Fsp3) is 0.939. The summed E-state index contributed by atoms with van der Waals surface area (Å²) in [6.07, 6.45) is -20.9. The summed E-state index contributed by atoms with van der Waals surface area (Å²) in [5.41, 5.74) is 0.897. The van der Waals surface area contributed by atoms with Crippen molar-refractivity contribution < 1.29 is 109 Å². The first-order valence-electron chi connectivity index (χ1n) is 25.7. The van der Waals surface area contributed by atoms with E-state index in [2.05, 4.69) is 20.8 Å². The van der Waals surface area contributed by atoms with E-state index in [-0.39, 0.29) is 65.5 Å². The predicted molar refractivity (Wildman–Crippen MR) is 239 cm³/mol. The monoisotopic (exact) mass is 1020 g/mol. The second-order valence-electron chi connectivity index (χ2n) is 22.8. The number of aliphatic hydroxyl groups is 12. The minimum absolute atomic E-state index is 0.0141. The van der Waals surface area contributed by atoms with Crippen LogP contribution in [0.25, 0.3) is 0 Å². The Bertz CT molecular complexity index is 1880. The highest BCUT2D eigenvalue weighted by Crippen LogP contribution is 2.69. The van der Waals surface area contributed by atoms with Gasteiger partial charge in [0, 0.05) is 24.7 Å². The third-order valence-electron chi connectivity index (χ3n) is 18.5. The van der Waals surface area contributed by atoms with Crippen LogP contribution < -0.4 is 0 Å². The van der Waals surface area contributed by atoms with E-state index in [1.165, 1.54) is 5.57 Å². The molecule has 12 N–H and O–H groups in total. The maximum absolute atomic E-state index is 14.5. The molecule has 8 fully saturated rings. The highest BCUT2D eigenvalue weighted by molar-refractivity contribution is 5.83. The van der Waals surface area contributed by atoms with Gasteiger partial charge in [0.2, 0.25) is 0 Å². The quantitative estimate of drug-likeness (QED) is 0.0797. The van der Waals surface area contributed by atoms with Gasteiger partial charge in [-0.1, -0.05) is 20.8 Å². The number of aliphatic hydroxyl groups excluding tert-OH is 12. The van der Waals surface area contributed by atoms with Gasteiger partial charge in [0.15, 0.2) is 25.2 Å². The summed E-state index contributed by atoms with van der Waals surface area (Å²) < 4.78 is 53.2. The molecule has 406 valence electrons. The molecule has 0 aromatic carbocycles. The number of Topliss-reactive ketones (excluding diaryl/α,β-unsaturated/α-hetero) is 1. The van der Waals surface area contributed by atoms with Crippen LogP contribution >= 0.6 is 0 Å². The molecule has 4 saturated heterocycles. The fourth-order valence-electron chi connectivity index (χ4n) is 14.3. The van der Waals surface area contributed by atoms with E-state index in [1.807, 2.05) is 6.92 Å². The van der Waals surface area contributed by atoms with Crippen molar-refractivity contribution in [2.24, 2.45) is 46.3 Å². The molecule has 0 spiro atoms. The number of hydrogen-bond acceptors (Lipinski definition) is 22. The van der Waals surface area contributed by atoms with Gasteiger partial charge in [-0.3, -0.25) is 4.79 Å². The third kappa shape index (κ3) is 10.0. The summed E-state index contributed by atoms with van der Waals surface area (Å²) in [6.45, 7) is 7.28. The number of hydrogen-bond donors (Lipinski definition) is 12.